The molecule has 3 rings (SSSR count). The standard InChI is InChI=1S/C21H27NO4/c1-23-13-14-25-20-10-4-2-7-17(20)15-22-19-9-3-5-11-21(19)26-16-18-8-6-12-24-18/h2-5,7,9-11,18,22H,6,8,12-16H2,1H3. The molecule has 0 spiro atoms. The number of ether oxygens (including phenoxy) is 4. The Morgan fingerprint density at radius 1 is 1.00 bits per heavy atom. The highest BCUT2D eigenvalue weighted by Crippen LogP contribution is 2.27. The monoisotopic (exact) mass is 357 g/mol. The lowest BCUT2D eigenvalue weighted by molar-refractivity contribution is 0.0682. The van der Waals surface area contributed by atoms with E-state index in [0.717, 1.165) is 42.2 Å². The maximum atomic E-state index is 5.98. The van der Waals surface area contributed by atoms with Gasteiger partial charge in [-0.15, -0.1) is 0 Å². The minimum atomic E-state index is 0.206. The third-order valence-corrected chi connectivity index (χ3v) is 4.32. The van der Waals surface area contributed by atoms with E-state index >= 15 is 0 Å². The Bertz CT molecular complexity index is 671. The zero-order valence-electron chi connectivity index (χ0n) is 15.3. The van der Waals surface area contributed by atoms with Crippen LogP contribution < -0.4 is 14.8 Å². The van der Waals surface area contributed by atoms with Crippen molar-refractivity contribution in [2.75, 3.05) is 38.9 Å². The van der Waals surface area contributed by atoms with Gasteiger partial charge in [-0.2, -0.15) is 0 Å². The molecule has 5 heteroatoms. The highest BCUT2D eigenvalue weighted by molar-refractivity contribution is 5.56. The van der Waals surface area contributed by atoms with Crippen LogP contribution in [0, 0.1) is 0 Å². The van der Waals surface area contributed by atoms with Gasteiger partial charge in [0.25, 0.3) is 0 Å². The lowest BCUT2D eigenvalue weighted by Gasteiger charge is -2.17. The first-order valence-corrected chi connectivity index (χ1v) is 9.14. The molecule has 1 unspecified atom stereocenters. The highest BCUT2D eigenvalue weighted by atomic mass is 16.5. The number of hydrogen-bond acceptors (Lipinski definition) is 5. The number of para-hydroxylation sites is 3. The van der Waals surface area contributed by atoms with Crippen LogP contribution in [-0.2, 0) is 16.0 Å². The average molecular weight is 357 g/mol. The minimum absolute atomic E-state index is 0.206. The zero-order chi connectivity index (χ0) is 18.0. The molecular weight excluding hydrogens is 330 g/mol. The van der Waals surface area contributed by atoms with Gasteiger partial charge in [0, 0.05) is 25.8 Å². The summed E-state index contributed by atoms with van der Waals surface area (Å²) < 4.78 is 22.5. The molecule has 26 heavy (non-hydrogen) atoms. The Labute approximate surface area is 155 Å². The molecular formula is C21H27NO4. The van der Waals surface area contributed by atoms with Gasteiger partial charge in [-0.3, -0.25) is 0 Å². The Kier molecular flexibility index (Phi) is 7.16. The van der Waals surface area contributed by atoms with Crippen molar-refractivity contribution >= 4 is 5.69 Å². The topological polar surface area (TPSA) is 49.0 Å². The molecule has 140 valence electrons. The summed E-state index contributed by atoms with van der Waals surface area (Å²) in [5, 5.41) is 3.46. The number of hydrogen-bond donors (Lipinski definition) is 1. The third kappa shape index (κ3) is 5.38. The van der Waals surface area contributed by atoms with Crippen LogP contribution in [0.4, 0.5) is 5.69 Å². The van der Waals surface area contributed by atoms with Crippen molar-refractivity contribution in [2.45, 2.75) is 25.5 Å². The van der Waals surface area contributed by atoms with E-state index in [1.54, 1.807) is 7.11 Å². The van der Waals surface area contributed by atoms with Gasteiger partial charge in [0.15, 0.2) is 0 Å². The number of methoxy groups -OCH3 is 1. The zero-order valence-corrected chi connectivity index (χ0v) is 15.3. The quantitative estimate of drug-likeness (QED) is 0.654. The summed E-state index contributed by atoms with van der Waals surface area (Å²) in [6, 6.07) is 16.0. The Morgan fingerprint density at radius 3 is 2.62 bits per heavy atom. The molecule has 1 saturated heterocycles. The van der Waals surface area contributed by atoms with Crippen LogP contribution in [0.5, 0.6) is 11.5 Å². The van der Waals surface area contributed by atoms with Crippen molar-refractivity contribution in [3.8, 4) is 11.5 Å². The Morgan fingerprint density at radius 2 is 1.81 bits per heavy atom. The molecule has 0 amide bonds. The van der Waals surface area contributed by atoms with E-state index in [-0.39, 0.29) is 6.10 Å². The van der Waals surface area contributed by atoms with Crippen LogP contribution in [0.1, 0.15) is 18.4 Å². The summed E-state index contributed by atoms with van der Waals surface area (Å²) in [6.45, 7) is 3.20. The van der Waals surface area contributed by atoms with Crippen LogP contribution in [-0.4, -0.2) is 39.6 Å². The summed E-state index contributed by atoms with van der Waals surface area (Å²) in [4.78, 5) is 0. The molecule has 1 aliphatic rings. The van der Waals surface area contributed by atoms with E-state index in [1.165, 1.54) is 0 Å². The fourth-order valence-electron chi connectivity index (χ4n) is 2.91. The van der Waals surface area contributed by atoms with Gasteiger partial charge in [-0.1, -0.05) is 30.3 Å². The van der Waals surface area contributed by atoms with Gasteiger partial charge in [0.1, 0.15) is 24.7 Å². The molecule has 1 fully saturated rings. The molecule has 0 saturated carbocycles. The van der Waals surface area contributed by atoms with Crippen LogP contribution >= 0.6 is 0 Å². The first-order chi connectivity index (χ1) is 12.9. The van der Waals surface area contributed by atoms with Crippen LogP contribution in [0.3, 0.4) is 0 Å². The molecule has 1 aliphatic heterocycles. The van der Waals surface area contributed by atoms with E-state index in [4.69, 9.17) is 18.9 Å². The van der Waals surface area contributed by atoms with Gasteiger partial charge in [-0.05, 0) is 31.0 Å². The van der Waals surface area contributed by atoms with Gasteiger partial charge >= 0.3 is 0 Å². The molecule has 2 aromatic rings. The Hall–Kier alpha value is -2.24. The SMILES string of the molecule is COCCOc1ccccc1CNc1ccccc1OCC1CCCO1. The van der Waals surface area contributed by atoms with Crippen molar-refractivity contribution in [1.29, 1.82) is 0 Å². The summed E-state index contributed by atoms with van der Waals surface area (Å²) in [6.07, 6.45) is 2.40. The first-order valence-electron chi connectivity index (χ1n) is 9.14. The number of rotatable bonds is 10. The lowest BCUT2D eigenvalue weighted by Crippen LogP contribution is -2.17. The molecule has 0 aromatic heterocycles. The van der Waals surface area contributed by atoms with E-state index < -0.39 is 0 Å². The second-order valence-electron chi connectivity index (χ2n) is 6.24. The van der Waals surface area contributed by atoms with Gasteiger partial charge in [0.2, 0.25) is 0 Å². The fraction of sp³-hybridized carbons (Fsp3) is 0.429. The van der Waals surface area contributed by atoms with Crippen molar-refractivity contribution in [3.05, 3.63) is 54.1 Å². The normalized spacial score (nSPS) is 16.4. The van der Waals surface area contributed by atoms with Crippen LogP contribution in [0.25, 0.3) is 0 Å². The smallest absolute Gasteiger partial charge is 0.142 e. The van der Waals surface area contributed by atoms with E-state index in [2.05, 4.69) is 11.4 Å². The molecule has 2 aromatic carbocycles. The van der Waals surface area contributed by atoms with E-state index in [1.807, 2.05) is 42.5 Å². The second kappa shape index (κ2) is 10.0. The maximum absolute atomic E-state index is 5.98. The van der Waals surface area contributed by atoms with E-state index in [0.29, 0.717) is 26.4 Å². The first kappa shape index (κ1) is 18.5. The highest BCUT2D eigenvalue weighted by Gasteiger charge is 2.16. The van der Waals surface area contributed by atoms with Gasteiger partial charge < -0.3 is 24.3 Å². The van der Waals surface area contributed by atoms with Crippen LogP contribution in [0.15, 0.2) is 48.5 Å². The van der Waals surface area contributed by atoms with Crippen molar-refractivity contribution < 1.29 is 18.9 Å². The summed E-state index contributed by atoms with van der Waals surface area (Å²) in [5.74, 6) is 1.72. The molecule has 1 N–H and O–H groups in total. The second-order valence-corrected chi connectivity index (χ2v) is 6.24. The Balaban J connectivity index is 1.59. The maximum Gasteiger partial charge on any atom is 0.142 e. The van der Waals surface area contributed by atoms with E-state index in [9.17, 15) is 0 Å². The van der Waals surface area contributed by atoms with Gasteiger partial charge in [0.05, 0.1) is 18.4 Å². The van der Waals surface area contributed by atoms with Crippen molar-refractivity contribution in [2.24, 2.45) is 0 Å². The number of anilines is 1. The molecule has 5 nitrogen and oxygen atoms in total. The summed E-state index contributed by atoms with van der Waals surface area (Å²) in [7, 11) is 1.67. The molecule has 1 heterocycles. The predicted octanol–water partition coefficient (Wildman–Crippen LogP) is 3.88. The van der Waals surface area contributed by atoms with Gasteiger partial charge in [-0.25, -0.2) is 0 Å². The lowest BCUT2D eigenvalue weighted by atomic mass is 10.2. The minimum Gasteiger partial charge on any atom is -0.491 e. The average Bonchev–Trinajstić information content (AvgIpc) is 3.20. The van der Waals surface area contributed by atoms with Crippen molar-refractivity contribution in [1.82, 2.24) is 0 Å². The number of benzene rings is 2. The summed E-state index contributed by atoms with van der Waals surface area (Å²) in [5.41, 5.74) is 2.06. The third-order valence-electron chi connectivity index (χ3n) is 4.32. The van der Waals surface area contributed by atoms with Crippen molar-refractivity contribution in [3.63, 3.8) is 0 Å². The molecule has 1 atom stereocenters. The largest absolute Gasteiger partial charge is 0.491 e. The molecule has 0 bridgehead atoms. The molecule has 0 radical (unpaired) electrons. The molecule has 0 aliphatic carbocycles. The fourth-order valence-corrected chi connectivity index (χ4v) is 2.91. The summed E-state index contributed by atoms with van der Waals surface area (Å²) >= 11 is 0. The number of nitrogens with one attached hydrogen (secondary N) is 1. The van der Waals surface area contributed by atoms with Crippen LogP contribution in [0.2, 0.25) is 0 Å². The predicted molar refractivity (Wildman–Crippen MR) is 102 cm³/mol.